The standard InChI is InChI=1S/C27H31N3O5S/c1-3-20-19(8-15-35-20)28-22(31)16-30(13-11-27(9-10-27)12-14-30)17-23(32)29-24-18-6-4-5-7-21(18)36-25(24)26(33)34-2/h4-8,15H,3,9-14,16-17H2,1-2H3,(H-,28,29,31,32,33)/p+1. The molecule has 3 aromatic rings. The number of nitrogens with zero attached hydrogens (tertiary/aromatic N) is 1. The summed E-state index contributed by atoms with van der Waals surface area (Å²) in [7, 11) is 1.34. The van der Waals surface area contributed by atoms with Crippen molar-refractivity contribution in [2.24, 2.45) is 5.41 Å². The molecule has 1 saturated heterocycles. The van der Waals surface area contributed by atoms with Crippen molar-refractivity contribution in [2.45, 2.75) is 39.0 Å². The average Bonchev–Trinajstić information content (AvgIpc) is 3.32. The minimum atomic E-state index is -0.477. The smallest absolute Gasteiger partial charge is 0.350 e. The van der Waals surface area contributed by atoms with Gasteiger partial charge in [-0.3, -0.25) is 9.59 Å². The molecule has 190 valence electrons. The van der Waals surface area contributed by atoms with Crippen molar-refractivity contribution in [3.63, 3.8) is 0 Å². The molecular formula is C27H32N3O5S+. The SMILES string of the molecule is CCc1occc1NC(=O)C[N+]1(CC(=O)Nc2c(C(=O)OC)sc3ccccc23)CCC2(CC2)CC1. The van der Waals surface area contributed by atoms with E-state index in [1.54, 1.807) is 12.3 Å². The molecule has 8 nitrogen and oxygen atoms in total. The Morgan fingerprint density at radius 2 is 1.72 bits per heavy atom. The zero-order chi connectivity index (χ0) is 25.3. The van der Waals surface area contributed by atoms with Gasteiger partial charge < -0.3 is 24.3 Å². The molecule has 0 atom stereocenters. The van der Waals surface area contributed by atoms with Gasteiger partial charge in [0.2, 0.25) is 0 Å². The number of hydrogen-bond acceptors (Lipinski definition) is 6. The number of likely N-dealkylation sites (tertiary alicyclic amines) is 1. The number of anilines is 2. The maximum Gasteiger partial charge on any atom is 0.350 e. The molecule has 1 aliphatic heterocycles. The lowest BCUT2D eigenvalue weighted by molar-refractivity contribution is -0.919. The second-order valence-electron chi connectivity index (χ2n) is 10.1. The van der Waals surface area contributed by atoms with E-state index < -0.39 is 5.97 Å². The molecule has 1 saturated carbocycles. The van der Waals surface area contributed by atoms with E-state index in [1.807, 2.05) is 31.2 Å². The summed E-state index contributed by atoms with van der Waals surface area (Å²) in [6.45, 7) is 3.91. The monoisotopic (exact) mass is 510 g/mol. The Morgan fingerprint density at radius 3 is 2.39 bits per heavy atom. The van der Waals surface area contributed by atoms with Gasteiger partial charge >= 0.3 is 5.97 Å². The maximum atomic E-state index is 13.4. The Bertz CT molecular complexity index is 1300. The number of thiophene rings is 1. The van der Waals surface area contributed by atoms with Crippen LogP contribution in [0.4, 0.5) is 11.4 Å². The third-order valence-electron chi connectivity index (χ3n) is 7.72. The first kappa shape index (κ1) is 24.5. The van der Waals surface area contributed by atoms with Crippen molar-refractivity contribution in [1.29, 1.82) is 0 Å². The van der Waals surface area contributed by atoms with E-state index >= 15 is 0 Å². The molecule has 0 radical (unpaired) electrons. The summed E-state index contributed by atoms with van der Waals surface area (Å²) in [6.07, 6.45) is 6.79. The molecule has 5 rings (SSSR count). The number of nitrogens with one attached hydrogen (secondary N) is 2. The van der Waals surface area contributed by atoms with Crippen molar-refractivity contribution in [3.8, 4) is 0 Å². The van der Waals surface area contributed by atoms with E-state index in [4.69, 9.17) is 9.15 Å². The summed E-state index contributed by atoms with van der Waals surface area (Å²) < 4.78 is 11.7. The number of carbonyl (C=O) groups excluding carboxylic acids is 3. The number of rotatable bonds is 8. The highest BCUT2D eigenvalue weighted by molar-refractivity contribution is 7.21. The fourth-order valence-corrected chi connectivity index (χ4v) is 6.42. The van der Waals surface area contributed by atoms with E-state index in [9.17, 15) is 14.4 Å². The van der Waals surface area contributed by atoms with Crippen LogP contribution in [0.1, 0.15) is 48.0 Å². The number of amides is 2. The van der Waals surface area contributed by atoms with Gasteiger partial charge in [0.25, 0.3) is 11.8 Å². The maximum absolute atomic E-state index is 13.4. The molecule has 2 aliphatic rings. The quantitative estimate of drug-likeness (QED) is 0.335. The van der Waals surface area contributed by atoms with Crippen LogP contribution in [0.5, 0.6) is 0 Å². The fourth-order valence-electron chi connectivity index (χ4n) is 5.34. The van der Waals surface area contributed by atoms with Gasteiger partial charge in [-0.05, 0) is 24.3 Å². The van der Waals surface area contributed by atoms with Gasteiger partial charge in [-0.15, -0.1) is 11.3 Å². The normalized spacial score (nSPS) is 17.6. The number of quaternary nitrogens is 1. The molecule has 2 fully saturated rings. The Balaban J connectivity index is 1.35. The first-order chi connectivity index (χ1) is 17.4. The Hall–Kier alpha value is -3.17. The summed E-state index contributed by atoms with van der Waals surface area (Å²) in [6, 6.07) is 9.35. The van der Waals surface area contributed by atoms with Crippen molar-refractivity contribution in [1.82, 2.24) is 0 Å². The van der Waals surface area contributed by atoms with Crippen molar-refractivity contribution in [2.75, 3.05) is 43.9 Å². The number of ether oxygens (including phenoxy) is 1. The van der Waals surface area contributed by atoms with Crippen LogP contribution in [0.15, 0.2) is 41.0 Å². The van der Waals surface area contributed by atoms with Gasteiger partial charge in [0.15, 0.2) is 13.1 Å². The lowest BCUT2D eigenvalue weighted by Crippen LogP contribution is -2.59. The van der Waals surface area contributed by atoms with Gasteiger partial charge in [0, 0.05) is 35.4 Å². The molecule has 2 N–H and O–H groups in total. The van der Waals surface area contributed by atoms with Crippen molar-refractivity contribution in [3.05, 3.63) is 47.2 Å². The summed E-state index contributed by atoms with van der Waals surface area (Å²) >= 11 is 1.30. The largest absolute Gasteiger partial charge is 0.467 e. The third kappa shape index (κ3) is 4.90. The molecule has 36 heavy (non-hydrogen) atoms. The van der Waals surface area contributed by atoms with E-state index in [0.29, 0.717) is 32.6 Å². The second kappa shape index (κ2) is 9.71. The lowest BCUT2D eigenvalue weighted by atomic mass is 9.91. The van der Waals surface area contributed by atoms with Gasteiger partial charge in [0.1, 0.15) is 10.6 Å². The molecule has 1 aromatic carbocycles. The van der Waals surface area contributed by atoms with Crippen LogP contribution in [-0.4, -0.2) is 55.6 Å². The zero-order valence-corrected chi connectivity index (χ0v) is 21.5. The van der Waals surface area contributed by atoms with Gasteiger partial charge in [-0.2, -0.15) is 0 Å². The summed E-state index contributed by atoms with van der Waals surface area (Å²) in [5.41, 5.74) is 1.58. The number of carbonyl (C=O) groups is 3. The number of piperidine rings is 1. The number of hydrogen-bond donors (Lipinski definition) is 2. The van der Waals surface area contributed by atoms with E-state index in [-0.39, 0.29) is 24.9 Å². The van der Waals surface area contributed by atoms with Crippen LogP contribution in [0.25, 0.3) is 10.1 Å². The lowest BCUT2D eigenvalue weighted by Gasteiger charge is -2.43. The van der Waals surface area contributed by atoms with Crippen LogP contribution >= 0.6 is 11.3 Å². The number of furan rings is 1. The summed E-state index contributed by atoms with van der Waals surface area (Å²) in [5.74, 6) is -0.0687. The topological polar surface area (TPSA) is 97.6 Å². The first-order valence-corrected chi connectivity index (χ1v) is 13.3. The highest BCUT2D eigenvalue weighted by atomic mass is 32.1. The summed E-state index contributed by atoms with van der Waals surface area (Å²) in [4.78, 5) is 39.4. The van der Waals surface area contributed by atoms with E-state index in [0.717, 1.165) is 41.8 Å². The van der Waals surface area contributed by atoms with Crippen LogP contribution in [0, 0.1) is 5.41 Å². The Kier molecular flexibility index (Phi) is 6.61. The Labute approximate surface area is 214 Å². The van der Waals surface area contributed by atoms with Crippen LogP contribution < -0.4 is 10.6 Å². The number of fused-ring (bicyclic) bond motifs is 1. The Morgan fingerprint density at radius 1 is 1.03 bits per heavy atom. The van der Waals surface area contributed by atoms with Gasteiger partial charge in [-0.25, -0.2) is 4.79 Å². The number of aryl methyl sites for hydroxylation is 1. The molecule has 3 heterocycles. The molecule has 1 spiro atoms. The number of benzene rings is 1. The highest BCUT2D eigenvalue weighted by Gasteiger charge is 2.50. The molecular weight excluding hydrogens is 478 g/mol. The molecule has 1 aliphatic carbocycles. The molecule has 0 unspecified atom stereocenters. The van der Waals surface area contributed by atoms with Crippen LogP contribution in [0.3, 0.4) is 0 Å². The van der Waals surface area contributed by atoms with Crippen molar-refractivity contribution >= 4 is 50.6 Å². The third-order valence-corrected chi connectivity index (χ3v) is 8.87. The molecule has 9 heteroatoms. The molecule has 2 aromatic heterocycles. The first-order valence-electron chi connectivity index (χ1n) is 12.5. The molecule has 2 amide bonds. The fraction of sp³-hybridized carbons (Fsp3) is 0.444. The van der Waals surface area contributed by atoms with Gasteiger partial charge in [0.05, 0.1) is 37.8 Å². The minimum absolute atomic E-state index is 0.123. The van der Waals surface area contributed by atoms with Crippen LogP contribution in [0.2, 0.25) is 0 Å². The van der Waals surface area contributed by atoms with E-state index in [2.05, 4.69) is 10.6 Å². The minimum Gasteiger partial charge on any atom is -0.467 e. The average molecular weight is 511 g/mol. The van der Waals surface area contributed by atoms with E-state index in [1.165, 1.54) is 31.3 Å². The van der Waals surface area contributed by atoms with Crippen molar-refractivity contribution < 1.29 is 28.0 Å². The number of methoxy groups -OCH3 is 1. The molecule has 0 bridgehead atoms. The van der Waals surface area contributed by atoms with Gasteiger partial charge in [-0.1, -0.05) is 25.1 Å². The van der Waals surface area contributed by atoms with Crippen LogP contribution in [-0.2, 0) is 20.7 Å². The predicted molar refractivity (Wildman–Crippen MR) is 139 cm³/mol. The summed E-state index contributed by atoms with van der Waals surface area (Å²) in [5, 5.41) is 6.80. The second-order valence-corrected chi connectivity index (χ2v) is 11.2. The predicted octanol–water partition coefficient (Wildman–Crippen LogP) is 4.81. The zero-order valence-electron chi connectivity index (χ0n) is 20.7. The highest BCUT2D eigenvalue weighted by Crippen LogP contribution is 2.54. The number of esters is 1.